The fraction of sp³-hybridized carbons (Fsp3) is 0.286. The maximum atomic E-state index is 12.3. The van der Waals surface area contributed by atoms with Crippen molar-refractivity contribution in [2.45, 2.75) is 18.9 Å². The molecule has 2 aromatic carbocycles. The molecule has 3 aromatic rings. The van der Waals surface area contributed by atoms with Crippen LogP contribution in [0.3, 0.4) is 0 Å². The van der Waals surface area contributed by atoms with E-state index in [0.717, 1.165) is 10.9 Å². The molecule has 6 nitrogen and oxygen atoms in total. The van der Waals surface area contributed by atoms with Crippen LogP contribution >= 0.6 is 0 Å². The highest BCUT2D eigenvalue weighted by Crippen LogP contribution is 2.29. The summed E-state index contributed by atoms with van der Waals surface area (Å²) in [5.74, 6) is 1.38. The topological polar surface area (TPSA) is 80.9 Å². The number of furan rings is 1. The molecule has 142 valence electrons. The third kappa shape index (κ3) is 4.23. The summed E-state index contributed by atoms with van der Waals surface area (Å²) in [5.41, 5.74) is 0.171. The molecule has 0 aliphatic heterocycles. The summed E-state index contributed by atoms with van der Waals surface area (Å²) in [4.78, 5) is 12.3. The van der Waals surface area contributed by atoms with Crippen molar-refractivity contribution in [3.63, 3.8) is 0 Å². The number of rotatable bonds is 7. The molecule has 0 saturated carbocycles. The van der Waals surface area contributed by atoms with Crippen LogP contribution in [-0.4, -0.2) is 31.8 Å². The molecule has 3 rings (SSSR count). The van der Waals surface area contributed by atoms with Gasteiger partial charge >= 0.3 is 0 Å². The molecule has 0 fully saturated rings. The van der Waals surface area contributed by atoms with Gasteiger partial charge in [0, 0.05) is 5.39 Å². The quantitative estimate of drug-likeness (QED) is 0.669. The summed E-state index contributed by atoms with van der Waals surface area (Å²) < 4.78 is 16.2. The van der Waals surface area contributed by atoms with Crippen molar-refractivity contribution in [2.75, 3.05) is 20.8 Å². The molecule has 1 amide bonds. The van der Waals surface area contributed by atoms with Crippen LogP contribution in [0.1, 0.15) is 18.2 Å². The van der Waals surface area contributed by atoms with Gasteiger partial charge in [0.2, 0.25) is 5.91 Å². The standard InChI is InChI=1S/C21H23NO5/c1-21(24,19-12-15-6-4-5-7-16(15)27-19)13-22-20(23)11-14-8-9-17(25-2)18(10-14)26-3/h4-10,12,24H,11,13H2,1-3H3,(H,22,23). The van der Waals surface area contributed by atoms with Crippen molar-refractivity contribution in [1.82, 2.24) is 5.32 Å². The average molecular weight is 369 g/mol. The van der Waals surface area contributed by atoms with Crippen molar-refractivity contribution in [1.29, 1.82) is 0 Å². The van der Waals surface area contributed by atoms with E-state index in [1.807, 2.05) is 24.3 Å². The molecule has 1 heterocycles. The highest BCUT2D eigenvalue weighted by Gasteiger charge is 2.28. The van der Waals surface area contributed by atoms with Crippen LogP contribution in [0.2, 0.25) is 0 Å². The number of amides is 1. The Hall–Kier alpha value is -2.99. The van der Waals surface area contributed by atoms with Crippen LogP contribution in [-0.2, 0) is 16.8 Å². The predicted molar refractivity (Wildman–Crippen MR) is 102 cm³/mol. The first-order chi connectivity index (χ1) is 12.9. The summed E-state index contributed by atoms with van der Waals surface area (Å²) >= 11 is 0. The number of para-hydroxylation sites is 1. The Labute approximate surface area is 157 Å². The normalized spacial score (nSPS) is 13.2. The maximum Gasteiger partial charge on any atom is 0.224 e. The number of methoxy groups -OCH3 is 2. The second-order valence-corrected chi connectivity index (χ2v) is 6.57. The van der Waals surface area contributed by atoms with Gasteiger partial charge in [0.15, 0.2) is 11.5 Å². The van der Waals surface area contributed by atoms with Gasteiger partial charge in [-0.2, -0.15) is 0 Å². The van der Waals surface area contributed by atoms with E-state index in [2.05, 4.69) is 5.32 Å². The Morgan fingerprint density at radius 3 is 2.56 bits per heavy atom. The van der Waals surface area contributed by atoms with Gasteiger partial charge in [-0.1, -0.05) is 24.3 Å². The number of hydrogen-bond donors (Lipinski definition) is 2. The van der Waals surface area contributed by atoms with E-state index in [0.29, 0.717) is 22.8 Å². The molecule has 1 atom stereocenters. The number of ether oxygens (including phenoxy) is 2. The van der Waals surface area contributed by atoms with E-state index in [1.165, 1.54) is 0 Å². The van der Waals surface area contributed by atoms with Crippen molar-refractivity contribution in [2.24, 2.45) is 0 Å². The highest BCUT2D eigenvalue weighted by atomic mass is 16.5. The minimum Gasteiger partial charge on any atom is -0.493 e. The first kappa shape index (κ1) is 18.8. The zero-order valence-electron chi connectivity index (χ0n) is 15.6. The lowest BCUT2D eigenvalue weighted by Crippen LogP contribution is -2.39. The number of aliphatic hydroxyl groups is 1. The summed E-state index contributed by atoms with van der Waals surface area (Å²) in [7, 11) is 3.11. The van der Waals surface area contributed by atoms with Gasteiger partial charge in [-0.3, -0.25) is 4.79 Å². The number of nitrogens with one attached hydrogen (secondary N) is 1. The fourth-order valence-electron chi connectivity index (χ4n) is 2.84. The molecule has 2 N–H and O–H groups in total. The molecule has 0 saturated heterocycles. The lowest BCUT2D eigenvalue weighted by atomic mass is 10.0. The van der Waals surface area contributed by atoms with E-state index >= 15 is 0 Å². The van der Waals surface area contributed by atoms with Crippen LogP contribution < -0.4 is 14.8 Å². The van der Waals surface area contributed by atoms with E-state index in [1.54, 1.807) is 45.4 Å². The van der Waals surface area contributed by atoms with Crippen LogP contribution in [0.4, 0.5) is 0 Å². The second kappa shape index (κ2) is 7.72. The van der Waals surface area contributed by atoms with Gasteiger partial charge in [0.1, 0.15) is 16.9 Å². The van der Waals surface area contributed by atoms with Gasteiger partial charge in [-0.05, 0) is 36.8 Å². The summed E-state index contributed by atoms with van der Waals surface area (Å²) in [5, 5.41) is 14.4. The van der Waals surface area contributed by atoms with Crippen LogP contribution in [0.25, 0.3) is 11.0 Å². The third-order valence-electron chi connectivity index (χ3n) is 4.40. The minimum absolute atomic E-state index is 0.0406. The first-order valence-electron chi connectivity index (χ1n) is 8.62. The molecular weight excluding hydrogens is 346 g/mol. The van der Waals surface area contributed by atoms with Crippen molar-refractivity contribution in [3.05, 3.63) is 59.9 Å². The second-order valence-electron chi connectivity index (χ2n) is 6.57. The largest absolute Gasteiger partial charge is 0.493 e. The molecule has 6 heteroatoms. The van der Waals surface area contributed by atoms with Crippen LogP contribution in [0.5, 0.6) is 11.5 Å². The van der Waals surface area contributed by atoms with Gasteiger partial charge in [-0.25, -0.2) is 0 Å². The monoisotopic (exact) mass is 369 g/mol. The van der Waals surface area contributed by atoms with E-state index in [4.69, 9.17) is 13.9 Å². The Balaban J connectivity index is 1.64. The maximum absolute atomic E-state index is 12.3. The Kier molecular flexibility index (Phi) is 5.37. The molecule has 0 aliphatic carbocycles. The molecule has 0 bridgehead atoms. The zero-order chi connectivity index (χ0) is 19.4. The highest BCUT2D eigenvalue weighted by molar-refractivity contribution is 5.79. The van der Waals surface area contributed by atoms with Gasteiger partial charge in [0.25, 0.3) is 0 Å². The Morgan fingerprint density at radius 2 is 1.85 bits per heavy atom. The third-order valence-corrected chi connectivity index (χ3v) is 4.40. The number of carbonyl (C=O) groups is 1. The lowest BCUT2D eigenvalue weighted by molar-refractivity contribution is -0.121. The zero-order valence-corrected chi connectivity index (χ0v) is 15.6. The van der Waals surface area contributed by atoms with Gasteiger partial charge in [-0.15, -0.1) is 0 Å². The summed E-state index contributed by atoms with van der Waals surface area (Å²) in [6, 6.07) is 14.6. The van der Waals surface area contributed by atoms with Crippen molar-refractivity contribution in [3.8, 4) is 11.5 Å². The fourth-order valence-corrected chi connectivity index (χ4v) is 2.84. The van der Waals surface area contributed by atoms with Crippen molar-refractivity contribution >= 4 is 16.9 Å². The number of carbonyl (C=O) groups excluding carboxylic acids is 1. The molecule has 0 spiro atoms. The first-order valence-corrected chi connectivity index (χ1v) is 8.62. The molecule has 1 unspecified atom stereocenters. The average Bonchev–Trinajstić information content (AvgIpc) is 3.11. The molecule has 1 aromatic heterocycles. The summed E-state index contributed by atoms with van der Waals surface area (Å²) in [6.45, 7) is 1.65. The number of benzene rings is 2. The minimum atomic E-state index is -1.31. The number of fused-ring (bicyclic) bond motifs is 1. The molecule has 0 radical (unpaired) electrons. The van der Waals surface area contributed by atoms with Crippen LogP contribution in [0, 0.1) is 0 Å². The Bertz CT molecular complexity index is 912. The predicted octanol–water partition coefficient (Wildman–Crippen LogP) is 3.02. The Morgan fingerprint density at radius 1 is 1.11 bits per heavy atom. The van der Waals surface area contributed by atoms with Crippen molar-refractivity contribution < 1.29 is 23.8 Å². The van der Waals surface area contributed by atoms with Crippen LogP contribution in [0.15, 0.2) is 52.9 Å². The molecule has 0 aliphatic rings. The SMILES string of the molecule is COc1ccc(CC(=O)NCC(C)(O)c2cc3ccccc3o2)cc1OC. The molecular formula is C21H23NO5. The van der Waals surface area contributed by atoms with E-state index < -0.39 is 5.60 Å². The van der Waals surface area contributed by atoms with Gasteiger partial charge in [0.05, 0.1) is 27.2 Å². The van der Waals surface area contributed by atoms with E-state index in [9.17, 15) is 9.90 Å². The van der Waals surface area contributed by atoms with E-state index in [-0.39, 0.29) is 18.9 Å². The van der Waals surface area contributed by atoms with Gasteiger partial charge < -0.3 is 24.3 Å². The molecule has 27 heavy (non-hydrogen) atoms. The summed E-state index contributed by atoms with van der Waals surface area (Å²) in [6.07, 6.45) is 0.163. The smallest absolute Gasteiger partial charge is 0.224 e. The lowest BCUT2D eigenvalue weighted by Gasteiger charge is -2.21. The number of hydrogen-bond acceptors (Lipinski definition) is 5.